The molecular weight excluding hydrogens is 266 g/mol. The van der Waals surface area contributed by atoms with Crippen LogP contribution < -0.4 is 5.32 Å². The van der Waals surface area contributed by atoms with Crippen LogP contribution in [-0.2, 0) is 0 Å². The third-order valence-electron chi connectivity index (χ3n) is 4.54. The lowest BCUT2D eigenvalue weighted by Gasteiger charge is -2.33. The summed E-state index contributed by atoms with van der Waals surface area (Å²) in [6.45, 7) is 2.45. The molecule has 0 heterocycles. The highest BCUT2D eigenvalue weighted by atomic mass is 32.2. The molecule has 3 heteroatoms. The normalized spacial score (nSPS) is 26.1. The summed E-state index contributed by atoms with van der Waals surface area (Å²) in [4.78, 5) is 0. The molecule has 2 N–H and O–H groups in total. The SMILES string of the molecule is CSC(CO)C(C)NC1CCC(c2ccccc2)CC1. The largest absolute Gasteiger partial charge is 0.395 e. The van der Waals surface area contributed by atoms with Crippen molar-refractivity contribution in [3.05, 3.63) is 35.9 Å². The molecule has 1 aliphatic rings. The first kappa shape index (κ1) is 15.9. The maximum atomic E-state index is 9.36. The molecule has 2 nitrogen and oxygen atoms in total. The Morgan fingerprint density at radius 3 is 2.40 bits per heavy atom. The molecule has 0 amide bonds. The van der Waals surface area contributed by atoms with Gasteiger partial charge in [0.1, 0.15) is 0 Å². The summed E-state index contributed by atoms with van der Waals surface area (Å²) in [5.41, 5.74) is 1.50. The van der Waals surface area contributed by atoms with Crippen molar-refractivity contribution in [3.8, 4) is 0 Å². The molecule has 20 heavy (non-hydrogen) atoms. The molecule has 1 saturated carbocycles. The lowest BCUT2D eigenvalue weighted by Crippen LogP contribution is -2.44. The monoisotopic (exact) mass is 293 g/mol. The van der Waals surface area contributed by atoms with Gasteiger partial charge in [0.25, 0.3) is 0 Å². The molecule has 1 aromatic carbocycles. The standard InChI is InChI=1S/C17H27NOS/c1-13(17(12-19)20-2)18-16-10-8-15(9-11-16)14-6-4-3-5-7-14/h3-7,13,15-19H,8-12H2,1-2H3. The van der Waals surface area contributed by atoms with E-state index >= 15 is 0 Å². The van der Waals surface area contributed by atoms with Gasteiger partial charge in [0.2, 0.25) is 0 Å². The summed E-state index contributed by atoms with van der Waals surface area (Å²) in [5, 5.41) is 13.4. The predicted molar refractivity (Wildman–Crippen MR) is 88.4 cm³/mol. The van der Waals surface area contributed by atoms with Crippen molar-refractivity contribution in [1.82, 2.24) is 5.32 Å². The van der Waals surface area contributed by atoms with Gasteiger partial charge in [-0.1, -0.05) is 30.3 Å². The van der Waals surface area contributed by atoms with Crippen molar-refractivity contribution in [2.75, 3.05) is 12.9 Å². The van der Waals surface area contributed by atoms with Gasteiger partial charge in [-0.2, -0.15) is 11.8 Å². The zero-order valence-electron chi connectivity index (χ0n) is 12.6. The number of aliphatic hydroxyl groups excluding tert-OH is 1. The van der Waals surface area contributed by atoms with Crippen LogP contribution >= 0.6 is 11.8 Å². The maximum Gasteiger partial charge on any atom is 0.0564 e. The Labute approximate surface area is 127 Å². The number of benzene rings is 1. The number of hydrogen-bond acceptors (Lipinski definition) is 3. The fourth-order valence-corrected chi connectivity index (χ4v) is 3.87. The van der Waals surface area contributed by atoms with E-state index in [0.717, 1.165) is 5.92 Å². The van der Waals surface area contributed by atoms with Crippen LogP contribution in [-0.4, -0.2) is 35.3 Å². The number of thioether (sulfide) groups is 1. The Hall–Kier alpha value is -0.510. The summed E-state index contributed by atoms with van der Waals surface area (Å²) in [6.07, 6.45) is 7.12. The van der Waals surface area contributed by atoms with Crippen LogP contribution in [0.4, 0.5) is 0 Å². The minimum Gasteiger partial charge on any atom is -0.395 e. The molecule has 0 spiro atoms. The van der Waals surface area contributed by atoms with Crippen LogP contribution in [0.3, 0.4) is 0 Å². The highest BCUT2D eigenvalue weighted by Gasteiger charge is 2.25. The van der Waals surface area contributed by atoms with E-state index in [1.54, 1.807) is 11.8 Å². The molecule has 1 fully saturated rings. The molecule has 0 radical (unpaired) electrons. The van der Waals surface area contributed by atoms with Crippen molar-refractivity contribution >= 4 is 11.8 Å². The van der Waals surface area contributed by atoms with Gasteiger partial charge in [-0.3, -0.25) is 0 Å². The van der Waals surface area contributed by atoms with E-state index in [-0.39, 0.29) is 6.61 Å². The molecule has 1 aliphatic carbocycles. The average molecular weight is 293 g/mol. The van der Waals surface area contributed by atoms with Crippen LogP contribution in [0.25, 0.3) is 0 Å². The fourth-order valence-electron chi connectivity index (χ4n) is 3.23. The van der Waals surface area contributed by atoms with Gasteiger partial charge in [0.15, 0.2) is 0 Å². The van der Waals surface area contributed by atoms with E-state index in [2.05, 4.69) is 48.8 Å². The van der Waals surface area contributed by atoms with Crippen molar-refractivity contribution in [2.45, 2.75) is 55.9 Å². The zero-order chi connectivity index (χ0) is 14.4. The Balaban J connectivity index is 1.80. The fraction of sp³-hybridized carbons (Fsp3) is 0.647. The molecule has 0 bridgehead atoms. The Bertz CT molecular complexity index is 372. The van der Waals surface area contributed by atoms with Crippen LogP contribution in [0.1, 0.15) is 44.1 Å². The van der Waals surface area contributed by atoms with E-state index in [9.17, 15) is 5.11 Å². The molecule has 112 valence electrons. The van der Waals surface area contributed by atoms with E-state index in [4.69, 9.17) is 0 Å². The highest BCUT2D eigenvalue weighted by Crippen LogP contribution is 2.33. The van der Waals surface area contributed by atoms with Gasteiger partial charge in [0.05, 0.1) is 6.61 Å². The second-order valence-electron chi connectivity index (χ2n) is 5.87. The first-order valence-electron chi connectivity index (χ1n) is 7.69. The third-order valence-corrected chi connectivity index (χ3v) is 5.70. The lowest BCUT2D eigenvalue weighted by molar-refractivity contribution is 0.256. The topological polar surface area (TPSA) is 32.3 Å². The van der Waals surface area contributed by atoms with E-state index in [1.807, 2.05) is 0 Å². The summed E-state index contributed by atoms with van der Waals surface area (Å²) in [5.74, 6) is 0.735. The number of hydrogen-bond donors (Lipinski definition) is 2. The minimum absolute atomic E-state index is 0.259. The van der Waals surface area contributed by atoms with Crippen molar-refractivity contribution in [1.29, 1.82) is 0 Å². The summed E-state index contributed by atoms with van der Waals surface area (Å²) < 4.78 is 0. The second kappa shape index (κ2) is 8.06. The lowest BCUT2D eigenvalue weighted by atomic mass is 9.81. The molecule has 2 rings (SSSR count). The predicted octanol–water partition coefficient (Wildman–Crippen LogP) is 3.41. The molecule has 0 saturated heterocycles. The summed E-state index contributed by atoms with van der Waals surface area (Å²) >= 11 is 1.75. The van der Waals surface area contributed by atoms with Gasteiger partial charge >= 0.3 is 0 Å². The average Bonchev–Trinajstić information content (AvgIpc) is 2.50. The Kier molecular flexibility index (Phi) is 6.40. The summed E-state index contributed by atoms with van der Waals surface area (Å²) in [7, 11) is 0. The van der Waals surface area contributed by atoms with Gasteiger partial charge in [-0.25, -0.2) is 0 Å². The van der Waals surface area contributed by atoms with Crippen molar-refractivity contribution in [2.24, 2.45) is 0 Å². The summed E-state index contributed by atoms with van der Waals surface area (Å²) in [6, 6.07) is 11.9. The van der Waals surface area contributed by atoms with Gasteiger partial charge in [-0.15, -0.1) is 0 Å². The van der Waals surface area contributed by atoms with E-state index in [0.29, 0.717) is 17.3 Å². The zero-order valence-corrected chi connectivity index (χ0v) is 13.4. The first-order chi connectivity index (χ1) is 9.74. The molecule has 1 aromatic rings. The van der Waals surface area contributed by atoms with Crippen molar-refractivity contribution in [3.63, 3.8) is 0 Å². The highest BCUT2D eigenvalue weighted by molar-refractivity contribution is 7.99. The molecular formula is C17H27NOS. The van der Waals surface area contributed by atoms with Crippen LogP contribution in [0, 0.1) is 0 Å². The van der Waals surface area contributed by atoms with E-state index < -0.39 is 0 Å². The Morgan fingerprint density at radius 2 is 1.85 bits per heavy atom. The number of rotatable bonds is 6. The number of aliphatic hydroxyl groups is 1. The van der Waals surface area contributed by atoms with Crippen LogP contribution in [0.5, 0.6) is 0 Å². The molecule has 2 unspecified atom stereocenters. The molecule has 2 atom stereocenters. The third kappa shape index (κ3) is 4.24. The van der Waals surface area contributed by atoms with Crippen LogP contribution in [0.15, 0.2) is 30.3 Å². The van der Waals surface area contributed by atoms with Gasteiger partial charge in [0, 0.05) is 17.3 Å². The molecule has 0 aliphatic heterocycles. The van der Waals surface area contributed by atoms with Crippen LogP contribution in [0.2, 0.25) is 0 Å². The maximum absolute atomic E-state index is 9.36. The molecule has 0 aromatic heterocycles. The minimum atomic E-state index is 0.259. The quantitative estimate of drug-likeness (QED) is 0.843. The Morgan fingerprint density at radius 1 is 1.20 bits per heavy atom. The first-order valence-corrected chi connectivity index (χ1v) is 8.98. The van der Waals surface area contributed by atoms with Crippen molar-refractivity contribution < 1.29 is 5.11 Å². The second-order valence-corrected chi connectivity index (χ2v) is 6.95. The van der Waals surface area contributed by atoms with Gasteiger partial charge in [-0.05, 0) is 50.3 Å². The van der Waals surface area contributed by atoms with Gasteiger partial charge < -0.3 is 10.4 Å². The smallest absolute Gasteiger partial charge is 0.0564 e. The number of nitrogens with one attached hydrogen (secondary N) is 1. The van der Waals surface area contributed by atoms with E-state index in [1.165, 1.54) is 31.2 Å².